The highest BCUT2D eigenvalue weighted by Gasteiger charge is 2.43. The van der Waals surface area contributed by atoms with E-state index in [0.29, 0.717) is 0 Å². The first-order valence-electron chi connectivity index (χ1n) is 7.76. The van der Waals surface area contributed by atoms with Crippen molar-refractivity contribution in [3.05, 3.63) is 0 Å². The van der Waals surface area contributed by atoms with E-state index in [0.717, 1.165) is 18.5 Å². The Morgan fingerprint density at radius 1 is 1.44 bits per heavy atom. The van der Waals surface area contributed by atoms with Gasteiger partial charge in [-0.1, -0.05) is 20.3 Å². The topological polar surface area (TPSA) is 32.5 Å². The average Bonchev–Trinajstić information content (AvgIpc) is 2.84. The third-order valence-corrected chi connectivity index (χ3v) is 5.45. The highest BCUT2D eigenvalue weighted by molar-refractivity contribution is 5.01. The van der Waals surface area contributed by atoms with Crippen molar-refractivity contribution in [2.45, 2.75) is 57.5 Å². The van der Waals surface area contributed by atoms with Gasteiger partial charge >= 0.3 is 0 Å². The summed E-state index contributed by atoms with van der Waals surface area (Å²) in [5, 5.41) is 0. The van der Waals surface area contributed by atoms with E-state index in [-0.39, 0.29) is 5.54 Å². The van der Waals surface area contributed by atoms with Crippen LogP contribution in [0.2, 0.25) is 0 Å². The van der Waals surface area contributed by atoms with Crippen molar-refractivity contribution >= 4 is 0 Å². The lowest BCUT2D eigenvalue weighted by molar-refractivity contribution is 0.0191. The number of hydrogen-bond donors (Lipinski definition) is 1. The van der Waals surface area contributed by atoms with Gasteiger partial charge in [0.15, 0.2) is 0 Å². The fourth-order valence-corrected chi connectivity index (χ4v) is 3.79. The zero-order valence-corrected chi connectivity index (χ0v) is 12.5. The largest absolute Gasteiger partial charge is 0.329 e. The van der Waals surface area contributed by atoms with Gasteiger partial charge in [-0.3, -0.25) is 4.90 Å². The summed E-state index contributed by atoms with van der Waals surface area (Å²) in [6.45, 7) is 9.23. The van der Waals surface area contributed by atoms with Gasteiger partial charge in [-0.2, -0.15) is 0 Å². The molecule has 2 aliphatic rings. The molecule has 0 radical (unpaired) electrons. The van der Waals surface area contributed by atoms with Crippen LogP contribution in [0.25, 0.3) is 0 Å². The SMILES string of the molecule is CCC(C)CN(C)C1(CN)CCN2CCCC2C1. The molecule has 0 bridgehead atoms. The third-order valence-electron chi connectivity index (χ3n) is 5.45. The summed E-state index contributed by atoms with van der Waals surface area (Å²) >= 11 is 0. The van der Waals surface area contributed by atoms with Gasteiger partial charge in [0.1, 0.15) is 0 Å². The maximum absolute atomic E-state index is 6.18. The molecule has 0 amide bonds. The van der Waals surface area contributed by atoms with Crippen LogP contribution in [0.15, 0.2) is 0 Å². The molecule has 3 unspecified atom stereocenters. The average molecular weight is 253 g/mol. The molecule has 2 rings (SSSR count). The molecule has 2 saturated heterocycles. The maximum atomic E-state index is 6.18. The normalized spacial score (nSPS) is 34.8. The van der Waals surface area contributed by atoms with Crippen LogP contribution in [0.4, 0.5) is 0 Å². The molecule has 3 atom stereocenters. The van der Waals surface area contributed by atoms with Crippen LogP contribution in [0, 0.1) is 5.92 Å². The van der Waals surface area contributed by atoms with Crippen molar-refractivity contribution in [2.24, 2.45) is 11.7 Å². The molecule has 106 valence electrons. The van der Waals surface area contributed by atoms with E-state index in [9.17, 15) is 0 Å². The molecular formula is C15H31N3. The van der Waals surface area contributed by atoms with Crippen LogP contribution in [-0.2, 0) is 0 Å². The second-order valence-electron chi connectivity index (χ2n) is 6.61. The number of hydrogen-bond acceptors (Lipinski definition) is 3. The highest BCUT2D eigenvalue weighted by atomic mass is 15.3. The lowest BCUT2D eigenvalue weighted by atomic mass is 9.81. The number of likely N-dealkylation sites (N-methyl/N-ethyl adjacent to an activating group) is 1. The van der Waals surface area contributed by atoms with Crippen molar-refractivity contribution in [2.75, 3.05) is 33.2 Å². The van der Waals surface area contributed by atoms with Gasteiger partial charge in [0.05, 0.1) is 0 Å². The molecule has 0 aliphatic carbocycles. The summed E-state index contributed by atoms with van der Waals surface area (Å²) in [7, 11) is 2.30. The van der Waals surface area contributed by atoms with E-state index in [1.165, 1.54) is 51.7 Å². The van der Waals surface area contributed by atoms with Gasteiger partial charge in [-0.15, -0.1) is 0 Å². The Morgan fingerprint density at radius 2 is 2.22 bits per heavy atom. The Bertz CT molecular complexity index is 268. The van der Waals surface area contributed by atoms with Crippen LogP contribution < -0.4 is 5.73 Å². The molecule has 0 aromatic rings. The summed E-state index contributed by atoms with van der Waals surface area (Å²) in [4.78, 5) is 5.27. The smallest absolute Gasteiger partial charge is 0.0355 e. The van der Waals surface area contributed by atoms with Crippen molar-refractivity contribution in [1.82, 2.24) is 9.80 Å². The van der Waals surface area contributed by atoms with Crippen molar-refractivity contribution in [3.63, 3.8) is 0 Å². The van der Waals surface area contributed by atoms with Gasteiger partial charge in [-0.25, -0.2) is 0 Å². The fraction of sp³-hybridized carbons (Fsp3) is 1.00. The number of rotatable bonds is 5. The third kappa shape index (κ3) is 2.73. The quantitative estimate of drug-likeness (QED) is 0.812. The van der Waals surface area contributed by atoms with Crippen LogP contribution in [0.3, 0.4) is 0 Å². The van der Waals surface area contributed by atoms with Gasteiger partial charge < -0.3 is 10.6 Å². The standard InChI is InChI=1S/C15H31N3/c1-4-13(2)11-17(3)15(12-16)7-9-18-8-5-6-14(18)10-15/h13-14H,4-12,16H2,1-3H3. The first-order chi connectivity index (χ1) is 8.61. The van der Waals surface area contributed by atoms with E-state index in [1.807, 2.05) is 0 Å². The van der Waals surface area contributed by atoms with Crippen molar-refractivity contribution in [3.8, 4) is 0 Å². The second kappa shape index (κ2) is 5.89. The first kappa shape index (κ1) is 14.3. The summed E-state index contributed by atoms with van der Waals surface area (Å²) in [6.07, 6.45) is 6.59. The first-order valence-corrected chi connectivity index (χ1v) is 7.76. The summed E-state index contributed by atoms with van der Waals surface area (Å²) in [5.41, 5.74) is 6.45. The number of nitrogens with zero attached hydrogens (tertiary/aromatic N) is 2. The number of fused-ring (bicyclic) bond motifs is 1. The van der Waals surface area contributed by atoms with E-state index < -0.39 is 0 Å². The van der Waals surface area contributed by atoms with E-state index in [2.05, 4.69) is 30.7 Å². The highest BCUT2D eigenvalue weighted by Crippen LogP contribution is 2.36. The zero-order valence-electron chi connectivity index (χ0n) is 12.5. The second-order valence-corrected chi connectivity index (χ2v) is 6.61. The molecule has 3 heteroatoms. The van der Waals surface area contributed by atoms with Gasteiger partial charge in [0.25, 0.3) is 0 Å². The molecule has 18 heavy (non-hydrogen) atoms. The Hall–Kier alpha value is -0.120. The Kier molecular flexibility index (Phi) is 4.68. The Labute approximate surface area is 113 Å². The lowest BCUT2D eigenvalue weighted by Crippen LogP contribution is -2.60. The molecule has 3 nitrogen and oxygen atoms in total. The Balaban J connectivity index is 2.01. The maximum Gasteiger partial charge on any atom is 0.0355 e. The number of piperidine rings is 1. The molecule has 0 saturated carbocycles. The minimum Gasteiger partial charge on any atom is -0.329 e. The van der Waals surface area contributed by atoms with Crippen molar-refractivity contribution < 1.29 is 0 Å². The van der Waals surface area contributed by atoms with Crippen LogP contribution in [0.5, 0.6) is 0 Å². The predicted octanol–water partition coefficient (Wildman–Crippen LogP) is 1.92. The number of nitrogens with two attached hydrogens (primary N) is 1. The zero-order chi connectivity index (χ0) is 13.2. The molecule has 2 N–H and O–H groups in total. The van der Waals surface area contributed by atoms with E-state index in [4.69, 9.17) is 5.73 Å². The lowest BCUT2D eigenvalue weighted by Gasteiger charge is -2.49. The summed E-state index contributed by atoms with van der Waals surface area (Å²) in [6, 6.07) is 0.807. The summed E-state index contributed by atoms with van der Waals surface area (Å²) in [5.74, 6) is 0.778. The molecule has 0 aromatic carbocycles. The van der Waals surface area contributed by atoms with Gasteiger partial charge in [0.2, 0.25) is 0 Å². The van der Waals surface area contributed by atoms with Crippen LogP contribution in [0.1, 0.15) is 46.0 Å². The van der Waals surface area contributed by atoms with Crippen LogP contribution in [-0.4, -0.2) is 54.6 Å². The van der Waals surface area contributed by atoms with E-state index in [1.54, 1.807) is 0 Å². The minimum atomic E-state index is 0.273. The van der Waals surface area contributed by atoms with Gasteiger partial charge in [0, 0.05) is 31.2 Å². The van der Waals surface area contributed by atoms with Gasteiger partial charge in [-0.05, 0) is 45.2 Å². The monoisotopic (exact) mass is 253 g/mol. The summed E-state index contributed by atoms with van der Waals surface area (Å²) < 4.78 is 0. The minimum absolute atomic E-state index is 0.273. The Morgan fingerprint density at radius 3 is 2.89 bits per heavy atom. The van der Waals surface area contributed by atoms with Crippen LogP contribution >= 0.6 is 0 Å². The molecular weight excluding hydrogens is 222 g/mol. The molecule has 2 fully saturated rings. The predicted molar refractivity (Wildman–Crippen MR) is 77.7 cm³/mol. The molecule has 2 heterocycles. The van der Waals surface area contributed by atoms with E-state index >= 15 is 0 Å². The fourth-order valence-electron chi connectivity index (χ4n) is 3.79. The van der Waals surface area contributed by atoms with Crippen molar-refractivity contribution in [1.29, 1.82) is 0 Å². The molecule has 0 spiro atoms. The molecule has 2 aliphatic heterocycles. The molecule has 0 aromatic heterocycles.